The van der Waals surface area contributed by atoms with E-state index >= 15 is 0 Å². The number of rotatable bonds is 5. The number of esters is 1. The van der Waals surface area contributed by atoms with Gasteiger partial charge in [-0.2, -0.15) is 0 Å². The Morgan fingerprint density at radius 3 is 2.29 bits per heavy atom. The topological polar surface area (TPSA) is 95.9 Å². The first-order chi connectivity index (χ1) is 9.81. The van der Waals surface area contributed by atoms with E-state index in [0.717, 1.165) is 0 Å². The number of amides is 2. The fraction of sp³-hybridized carbons (Fsp3) is 0.786. The number of nitrogens with one attached hydrogen (secondary N) is 1. The van der Waals surface area contributed by atoms with Gasteiger partial charge in [0.15, 0.2) is 0 Å². The standard InChI is InChI=1S/C14H24N2O5/c1-9(2)21-13(19)10(3)8-15-14(20)16-6-4-11(5-7-16)12(17)18/h9-11H,4-8H2,1-3H3,(H,15,20)(H,17,18). The van der Waals surface area contributed by atoms with Crippen molar-refractivity contribution in [3.05, 3.63) is 0 Å². The zero-order chi connectivity index (χ0) is 16.0. The molecule has 0 aliphatic carbocycles. The van der Waals surface area contributed by atoms with Gasteiger partial charge in [-0.25, -0.2) is 4.79 Å². The molecular weight excluding hydrogens is 276 g/mol. The minimum Gasteiger partial charge on any atom is -0.481 e. The molecule has 1 unspecified atom stereocenters. The van der Waals surface area contributed by atoms with Crippen LogP contribution >= 0.6 is 0 Å². The highest BCUT2D eigenvalue weighted by Gasteiger charge is 2.27. The van der Waals surface area contributed by atoms with Gasteiger partial charge in [-0.05, 0) is 26.7 Å². The lowest BCUT2D eigenvalue weighted by atomic mass is 9.97. The summed E-state index contributed by atoms with van der Waals surface area (Å²) in [4.78, 5) is 36.0. The largest absolute Gasteiger partial charge is 0.481 e. The summed E-state index contributed by atoms with van der Waals surface area (Å²) in [7, 11) is 0. The van der Waals surface area contributed by atoms with E-state index in [1.165, 1.54) is 0 Å². The minimum absolute atomic E-state index is 0.175. The van der Waals surface area contributed by atoms with Crippen molar-refractivity contribution in [2.24, 2.45) is 11.8 Å². The molecule has 0 radical (unpaired) electrons. The maximum Gasteiger partial charge on any atom is 0.317 e. The Hall–Kier alpha value is -1.79. The van der Waals surface area contributed by atoms with E-state index in [4.69, 9.17) is 9.84 Å². The Kier molecular flexibility index (Phi) is 6.45. The first kappa shape index (κ1) is 17.3. The molecule has 0 aromatic carbocycles. The summed E-state index contributed by atoms with van der Waals surface area (Å²) >= 11 is 0. The van der Waals surface area contributed by atoms with Crippen molar-refractivity contribution < 1.29 is 24.2 Å². The minimum atomic E-state index is -0.805. The van der Waals surface area contributed by atoms with Crippen LogP contribution in [-0.2, 0) is 14.3 Å². The van der Waals surface area contributed by atoms with Gasteiger partial charge in [0, 0.05) is 19.6 Å². The van der Waals surface area contributed by atoms with Crippen LogP contribution in [0.2, 0.25) is 0 Å². The van der Waals surface area contributed by atoms with Crippen LogP contribution in [0, 0.1) is 11.8 Å². The van der Waals surface area contributed by atoms with Crippen LogP contribution in [0.1, 0.15) is 33.6 Å². The molecule has 120 valence electrons. The number of urea groups is 1. The monoisotopic (exact) mass is 300 g/mol. The zero-order valence-corrected chi connectivity index (χ0v) is 12.8. The van der Waals surface area contributed by atoms with E-state index in [-0.39, 0.29) is 30.6 Å². The zero-order valence-electron chi connectivity index (χ0n) is 12.8. The summed E-state index contributed by atoms with van der Waals surface area (Å²) in [5.74, 6) is -1.92. The molecular formula is C14H24N2O5. The van der Waals surface area contributed by atoms with Crippen molar-refractivity contribution in [1.29, 1.82) is 0 Å². The summed E-state index contributed by atoms with van der Waals surface area (Å²) < 4.78 is 5.06. The lowest BCUT2D eigenvalue weighted by Crippen LogP contribution is -2.47. The van der Waals surface area contributed by atoms with E-state index in [2.05, 4.69) is 5.32 Å². The number of piperidine rings is 1. The summed E-state index contributed by atoms with van der Waals surface area (Å²) in [5, 5.41) is 11.6. The number of carboxylic acids is 1. The van der Waals surface area contributed by atoms with Crippen LogP contribution in [0.15, 0.2) is 0 Å². The number of ether oxygens (including phenoxy) is 1. The van der Waals surface area contributed by atoms with Crippen LogP contribution in [-0.4, -0.2) is 53.7 Å². The first-order valence-corrected chi connectivity index (χ1v) is 7.27. The van der Waals surface area contributed by atoms with Crippen molar-refractivity contribution >= 4 is 18.0 Å². The van der Waals surface area contributed by atoms with Crippen LogP contribution in [0.3, 0.4) is 0 Å². The predicted molar refractivity (Wildman–Crippen MR) is 75.7 cm³/mol. The van der Waals surface area contributed by atoms with Crippen LogP contribution in [0.25, 0.3) is 0 Å². The SMILES string of the molecule is CC(C)OC(=O)C(C)CNC(=O)N1CCC(C(=O)O)CC1. The van der Waals surface area contributed by atoms with Crippen molar-refractivity contribution in [3.8, 4) is 0 Å². The molecule has 0 aromatic rings. The molecule has 1 atom stereocenters. The van der Waals surface area contributed by atoms with E-state index in [9.17, 15) is 14.4 Å². The van der Waals surface area contributed by atoms with Gasteiger partial charge >= 0.3 is 18.0 Å². The average Bonchev–Trinajstić information content (AvgIpc) is 2.43. The second kappa shape index (κ2) is 7.85. The highest BCUT2D eigenvalue weighted by molar-refractivity contribution is 5.77. The molecule has 21 heavy (non-hydrogen) atoms. The molecule has 1 fully saturated rings. The molecule has 2 N–H and O–H groups in total. The third-order valence-electron chi connectivity index (χ3n) is 3.45. The van der Waals surface area contributed by atoms with Gasteiger partial charge in [-0.1, -0.05) is 6.92 Å². The van der Waals surface area contributed by atoms with Crippen LogP contribution in [0.5, 0.6) is 0 Å². The Bertz CT molecular complexity index is 389. The Morgan fingerprint density at radius 1 is 1.24 bits per heavy atom. The summed E-state index contributed by atoms with van der Waals surface area (Å²) in [6, 6.07) is -0.261. The molecule has 0 aromatic heterocycles. The van der Waals surface area contributed by atoms with Gasteiger partial charge in [0.05, 0.1) is 17.9 Å². The molecule has 1 heterocycles. The van der Waals surface area contributed by atoms with Crippen molar-refractivity contribution in [2.75, 3.05) is 19.6 Å². The first-order valence-electron chi connectivity index (χ1n) is 7.27. The molecule has 1 aliphatic rings. The number of carboxylic acid groups (broad SMARTS) is 1. The lowest BCUT2D eigenvalue weighted by molar-refractivity contribution is -0.151. The average molecular weight is 300 g/mol. The van der Waals surface area contributed by atoms with Gasteiger partial charge in [-0.15, -0.1) is 0 Å². The molecule has 2 amide bonds. The highest BCUT2D eigenvalue weighted by Crippen LogP contribution is 2.17. The van der Waals surface area contributed by atoms with Crippen LogP contribution < -0.4 is 5.32 Å². The predicted octanol–water partition coefficient (Wildman–Crippen LogP) is 1.08. The smallest absolute Gasteiger partial charge is 0.317 e. The van der Waals surface area contributed by atoms with Gasteiger partial charge in [0.25, 0.3) is 0 Å². The van der Waals surface area contributed by atoms with Crippen molar-refractivity contribution in [1.82, 2.24) is 10.2 Å². The molecule has 7 nitrogen and oxygen atoms in total. The molecule has 1 aliphatic heterocycles. The van der Waals surface area contributed by atoms with Crippen LogP contribution in [0.4, 0.5) is 4.79 Å². The summed E-state index contributed by atoms with van der Waals surface area (Å²) in [5.41, 5.74) is 0. The molecule has 0 bridgehead atoms. The second-order valence-electron chi connectivity index (χ2n) is 5.67. The lowest BCUT2D eigenvalue weighted by Gasteiger charge is -2.30. The van der Waals surface area contributed by atoms with E-state index in [1.807, 2.05) is 0 Å². The quantitative estimate of drug-likeness (QED) is 0.741. The van der Waals surface area contributed by atoms with Gasteiger partial charge in [0.1, 0.15) is 0 Å². The number of carbonyl (C=O) groups is 3. The number of aliphatic carboxylic acids is 1. The van der Waals surface area contributed by atoms with E-state index < -0.39 is 11.9 Å². The Balaban J connectivity index is 2.31. The number of nitrogens with zero attached hydrogens (tertiary/aromatic N) is 1. The van der Waals surface area contributed by atoms with E-state index in [0.29, 0.717) is 25.9 Å². The molecule has 0 spiro atoms. The van der Waals surface area contributed by atoms with Crippen molar-refractivity contribution in [2.45, 2.75) is 39.7 Å². The fourth-order valence-corrected chi connectivity index (χ4v) is 2.11. The number of hydrogen-bond donors (Lipinski definition) is 2. The second-order valence-corrected chi connectivity index (χ2v) is 5.67. The third kappa shape index (κ3) is 5.61. The van der Waals surface area contributed by atoms with Gasteiger partial charge in [-0.3, -0.25) is 9.59 Å². The molecule has 1 saturated heterocycles. The summed E-state index contributed by atoms with van der Waals surface area (Å²) in [6.07, 6.45) is 0.757. The number of likely N-dealkylation sites (tertiary alicyclic amines) is 1. The maximum atomic E-state index is 11.9. The maximum absolute atomic E-state index is 11.9. The molecule has 0 saturated carbocycles. The van der Waals surface area contributed by atoms with Gasteiger partial charge < -0.3 is 20.1 Å². The number of hydrogen-bond acceptors (Lipinski definition) is 4. The number of carbonyl (C=O) groups excluding carboxylic acids is 2. The van der Waals surface area contributed by atoms with E-state index in [1.54, 1.807) is 25.7 Å². The highest BCUT2D eigenvalue weighted by atomic mass is 16.5. The van der Waals surface area contributed by atoms with Gasteiger partial charge in [0.2, 0.25) is 0 Å². The summed E-state index contributed by atoms with van der Waals surface area (Å²) in [6.45, 7) is 6.30. The normalized spacial score (nSPS) is 17.4. The third-order valence-corrected chi connectivity index (χ3v) is 3.45. The molecule has 1 rings (SSSR count). The Labute approximate surface area is 124 Å². The fourth-order valence-electron chi connectivity index (χ4n) is 2.11. The Morgan fingerprint density at radius 2 is 1.81 bits per heavy atom. The van der Waals surface area contributed by atoms with Crippen molar-refractivity contribution in [3.63, 3.8) is 0 Å². The molecule has 7 heteroatoms.